The Labute approximate surface area is 193 Å². The van der Waals surface area contributed by atoms with E-state index < -0.39 is 18.1 Å². The number of carbonyl (C=O) groups excluding carboxylic acids is 2. The van der Waals surface area contributed by atoms with Crippen LogP contribution in [-0.4, -0.2) is 53.7 Å². The van der Waals surface area contributed by atoms with Gasteiger partial charge in [0.05, 0.1) is 0 Å². The lowest BCUT2D eigenvalue weighted by Gasteiger charge is -2.26. The molecule has 1 aliphatic heterocycles. The van der Waals surface area contributed by atoms with Gasteiger partial charge in [-0.1, -0.05) is 48.5 Å². The molecule has 2 amide bonds. The van der Waals surface area contributed by atoms with Gasteiger partial charge in [0.1, 0.15) is 12.6 Å². The normalized spacial score (nSPS) is 15.9. The Morgan fingerprint density at radius 1 is 0.970 bits per heavy atom. The molecule has 7 heteroatoms. The molecule has 1 saturated heterocycles. The Bertz CT molecular complexity index is 970. The minimum atomic E-state index is -1.13. The zero-order valence-corrected chi connectivity index (χ0v) is 18.7. The standard InChI is InChI=1S/C26H30N2O5/c29-24(28-15-6-1-7-16-28)14-8-13-23(25(30)31)27-26(32)33-17-22-20-11-4-2-9-18(20)19-10-3-5-12-21(19)22/h2-5,9-12,22-23H,1,6-8,13-17H2,(H,27,32)(H,30,31)/t23-/m1/s1. The second kappa shape index (κ2) is 10.5. The van der Waals surface area contributed by atoms with Gasteiger partial charge in [0.25, 0.3) is 0 Å². The molecular weight excluding hydrogens is 420 g/mol. The first kappa shape index (κ1) is 22.8. The molecule has 7 nitrogen and oxygen atoms in total. The van der Waals surface area contributed by atoms with Gasteiger partial charge in [-0.05, 0) is 54.4 Å². The number of aliphatic carboxylic acids is 1. The minimum absolute atomic E-state index is 0.0555. The summed E-state index contributed by atoms with van der Waals surface area (Å²) in [4.78, 5) is 38.2. The van der Waals surface area contributed by atoms with Gasteiger partial charge < -0.3 is 20.1 Å². The minimum Gasteiger partial charge on any atom is -0.480 e. The number of likely N-dealkylation sites (tertiary alicyclic amines) is 1. The molecule has 174 valence electrons. The molecule has 1 fully saturated rings. The van der Waals surface area contributed by atoms with Gasteiger partial charge in [-0.3, -0.25) is 4.79 Å². The second-order valence-electron chi connectivity index (χ2n) is 8.69. The largest absolute Gasteiger partial charge is 0.480 e. The molecule has 0 bridgehead atoms. The summed E-state index contributed by atoms with van der Waals surface area (Å²) in [6.07, 6.45) is 3.30. The summed E-state index contributed by atoms with van der Waals surface area (Å²) in [7, 11) is 0. The van der Waals surface area contributed by atoms with Crippen LogP contribution < -0.4 is 5.32 Å². The fourth-order valence-corrected chi connectivity index (χ4v) is 4.80. The fraction of sp³-hybridized carbons (Fsp3) is 0.423. The van der Waals surface area contributed by atoms with Crippen LogP contribution in [0.5, 0.6) is 0 Å². The van der Waals surface area contributed by atoms with Gasteiger partial charge in [0.2, 0.25) is 5.91 Å². The lowest BCUT2D eigenvalue weighted by atomic mass is 9.98. The van der Waals surface area contributed by atoms with Crippen LogP contribution in [0, 0.1) is 0 Å². The van der Waals surface area contributed by atoms with Crippen LogP contribution in [0.25, 0.3) is 11.1 Å². The van der Waals surface area contributed by atoms with Crippen molar-refractivity contribution in [3.8, 4) is 11.1 Å². The third-order valence-electron chi connectivity index (χ3n) is 6.53. The van der Waals surface area contributed by atoms with Crippen molar-refractivity contribution in [1.29, 1.82) is 0 Å². The van der Waals surface area contributed by atoms with E-state index in [0.717, 1.165) is 54.6 Å². The van der Waals surface area contributed by atoms with Crippen molar-refractivity contribution in [3.63, 3.8) is 0 Å². The van der Waals surface area contributed by atoms with Gasteiger partial charge in [-0.15, -0.1) is 0 Å². The maximum Gasteiger partial charge on any atom is 0.407 e. The first-order valence-corrected chi connectivity index (χ1v) is 11.7. The summed E-state index contributed by atoms with van der Waals surface area (Å²) in [6.45, 7) is 1.68. The summed E-state index contributed by atoms with van der Waals surface area (Å²) in [5.74, 6) is -1.16. The van der Waals surface area contributed by atoms with E-state index in [-0.39, 0.29) is 31.3 Å². The number of hydrogen-bond donors (Lipinski definition) is 2. The molecule has 1 aliphatic carbocycles. The maximum absolute atomic E-state index is 12.4. The van der Waals surface area contributed by atoms with E-state index in [9.17, 15) is 19.5 Å². The highest BCUT2D eigenvalue weighted by Crippen LogP contribution is 2.44. The number of nitrogens with one attached hydrogen (secondary N) is 1. The number of piperidine rings is 1. The van der Waals surface area contributed by atoms with E-state index in [4.69, 9.17) is 4.74 Å². The molecule has 0 radical (unpaired) electrons. The van der Waals surface area contributed by atoms with Crippen molar-refractivity contribution in [2.45, 2.75) is 50.5 Å². The number of carboxylic acid groups (broad SMARTS) is 1. The van der Waals surface area contributed by atoms with Crippen LogP contribution in [0.2, 0.25) is 0 Å². The zero-order valence-electron chi connectivity index (χ0n) is 18.7. The lowest BCUT2D eigenvalue weighted by molar-refractivity contribution is -0.140. The highest BCUT2D eigenvalue weighted by molar-refractivity contribution is 5.81. The van der Waals surface area contributed by atoms with Gasteiger partial charge in [-0.2, -0.15) is 0 Å². The average Bonchev–Trinajstić information content (AvgIpc) is 3.16. The van der Waals surface area contributed by atoms with Crippen molar-refractivity contribution in [2.75, 3.05) is 19.7 Å². The Kier molecular flexibility index (Phi) is 7.27. The molecular formula is C26H30N2O5. The molecule has 1 heterocycles. The van der Waals surface area contributed by atoms with Crippen molar-refractivity contribution in [2.24, 2.45) is 0 Å². The molecule has 2 N–H and O–H groups in total. The molecule has 4 rings (SSSR count). The second-order valence-corrected chi connectivity index (χ2v) is 8.69. The molecule has 0 aromatic heterocycles. The molecule has 0 spiro atoms. The predicted molar refractivity (Wildman–Crippen MR) is 124 cm³/mol. The lowest BCUT2D eigenvalue weighted by Crippen LogP contribution is -2.41. The summed E-state index contributed by atoms with van der Waals surface area (Å²) in [5, 5.41) is 12.0. The monoisotopic (exact) mass is 450 g/mol. The number of alkyl carbamates (subject to hydrolysis) is 1. The third-order valence-corrected chi connectivity index (χ3v) is 6.53. The fourth-order valence-electron chi connectivity index (χ4n) is 4.80. The van der Waals surface area contributed by atoms with E-state index in [1.807, 2.05) is 41.3 Å². The summed E-state index contributed by atoms with van der Waals surface area (Å²) < 4.78 is 5.45. The van der Waals surface area contributed by atoms with Crippen LogP contribution in [0.4, 0.5) is 4.79 Å². The number of rotatable bonds is 8. The predicted octanol–water partition coefficient (Wildman–Crippen LogP) is 4.16. The quantitative estimate of drug-likeness (QED) is 0.630. The van der Waals surface area contributed by atoms with Crippen LogP contribution in [-0.2, 0) is 14.3 Å². The summed E-state index contributed by atoms with van der Waals surface area (Å²) in [6, 6.07) is 15.0. The molecule has 2 aliphatic rings. The number of fused-ring (bicyclic) bond motifs is 3. The Balaban J connectivity index is 1.29. The van der Waals surface area contributed by atoms with Gasteiger partial charge >= 0.3 is 12.1 Å². The van der Waals surface area contributed by atoms with E-state index in [0.29, 0.717) is 6.42 Å². The number of nitrogens with zero attached hydrogens (tertiary/aromatic N) is 1. The SMILES string of the molecule is O=C(N[C@H](CCCC(=O)N1CCCCC1)C(=O)O)OCC1c2ccccc2-c2ccccc21. The van der Waals surface area contributed by atoms with Crippen molar-refractivity contribution in [1.82, 2.24) is 10.2 Å². The van der Waals surface area contributed by atoms with Crippen molar-refractivity contribution < 1.29 is 24.2 Å². The molecule has 2 aromatic carbocycles. The van der Waals surface area contributed by atoms with E-state index in [1.54, 1.807) is 0 Å². The molecule has 1 atom stereocenters. The third kappa shape index (κ3) is 5.35. The Morgan fingerprint density at radius 3 is 2.18 bits per heavy atom. The van der Waals surface area contributed by atoms with Gasteiger partial charge in [0, 0.05) is 25.4 Å². The van der Waals surface area contributed by atoms with Crippen molar-refractivity contribution >= 4 is 18.0 Å². The zero-order chi connectivity index (χ0) is 23.2. The first-order valence-electron chi connectivity index (χ1n) is 11.7. The summed E-state index contributed by atoms with van der Waals surface area (Å²) >= 11 is 0. The maximum atomic E-state index is 12.4. The number of carbonyl (C=O) groups is 3. The smallest absolute Gasteiger partial charge is 0.407 e. The number of benzene rings is 2. The van der Waals surface area contributed by atoms with Crippen molar-refractivity contribution in [3.05, 3.63) is 59.7 Å². The van der Waals surface area contributed by atoms with E-state index in [1.165, 1.54) is 0 Å². The molecule has 33 heavy (non-hydrogen) atoms. The topological polar surface area (TPSA) is 95.9 Å². The van der Waals surface area contributed by atoms with Crippen LogP contribution >= 0.6 is 0 Å². The average molecular weight is 451 g/mol. The number of carboxylic acids is 1. The number of hydrogen-bond acceptors (Lipinski definition) is 4. The molecule has 0 saturated carbocycles. The Hall–Kier alpha value is -3.35. The van der Waals surface area contributed by atoms with Crippen LogP contribution in [0.1, 0.15) is 55.6 Å². The summed E-state index contributed by atoms with van der Waals surface area (Å²) in [5.41, 5.74) is 4.45. The van der Waals surface area contributed by atoms with Crippen LogP contribution in [0.3, 0.4) is 0 Å². The van der Waals surface area contributed by atoms with E-state index >= 15 is 0 Å². The highest BCUT2D eigenvalue weighted by atomic mass is 16.5. The highest BCUT2D eigenvalue weighted by Gasteiger charge is 2.29. The first-order chi connectivity index (χ1) is 16.0. The number of amides is 2. The van der Waals surface area contributed by atoms with Crippen LogP contribution in [0.15, 0.2) is 48.5 Å². The molecule has 2 aromatic rings. The van der Waals surface area contributed by atoms with E-state index in [2.05, 4.69) is 17.4 Å². The number of ether oxygens (including phenoxy) is 1. The van der Waals surface area contributed by atoms with Gasteiger partial charge in [0.15, 0.2) is 0 Å². The Morgan fingerprint density at radius 2 is 1.58 bits per heavy atom. The van der Waals surface area contributed by atoms with Gasteiger partial charge in [-0.25, -0.2) is 9.59 Å². The molecule has 0 unspecified atom stereocenters.